The zero-order chi connectivity index (χ0) is 17.6. The van der Waals surface area contributed by atoms with Crippen LogP contribution in [0.25, 0.3) is 0 Å². The van der Waals surface area contributed by atoms with E-state index in [1.165, 1.54) is 5.56 Å². The summed E-state index contributed by atoms with van der Waals surface area (Å²) in [4.78, 5) is 4.50. The van der Waals surface area contributed by atoms with Crippen LogP contribution in [0, 0.1) is 0 Å². The second-order valence-corrected chi connectivity index (χ2v) is 5.79. The molecule has 3 rings (SSSR count). The molecule has 0 aliphatic carbocycles. The van der Waals surface area contributed by atoms with Gasteiger partial charge in [0.1, 0.15) is 17.2 Å². The molecular formula is C19H24IN3O3. The Kier molecular flexibility index (Phi) is 7.38. The number of benzene rings is 2. The van der Waals surface area contributed by atoms with Gasteiger partial charge in [0.25, 0.3) is 0 Å². The molecule has 0 aromatic heterocycles. The predicted molar refractivity (Wildman–Crippen MR) is 114 cm³/mol. The molecule has 3 N–H and O–H groups in total. The zero-order valence-electron chi connectivity index (χ0n) is 14.9. The van der Waals surface area contributed by atoms with Crippen molar-refractivity contribution in [3.05, 3.63) is 48.0 Å². The van der Waals surface area contributed by atoms with Crippen molar-refractivity contribution in [2.45, 2.75) is 12.3 Å². The fourth-order valence-electron chi connectivity index (χ4n) is 2.90. The molecule has 1 atom stereocenters. The summed E-state index contributed by atoms with van der Waals surface area (Å²) in [5.74, 6) is 2.98. The molecule has 2 aromatic carbocycles. The van der Waals surface area contributed by atoms with Gasteiger partial charge in [-0.3, -0.25) is 4.99 Å². The van der Waals surface area contributed by atoms with Crippen LogP contribution in [0.1, 0.15) is 17.9 Å². The Morgan fingerprint density at radius 2 is 2.04 bits per heavy atom. The Morgan fingerprint density at radius 1 is 1.23 bits per heavy atom. The number of nitrogens with zero attached hydrogens (tertiary/aromatic N) is 1. The third-order valence-electron chi connectivity index (χ3n) is 4.23. The van der Waals surface area contributed by atoms with Gasteiger partial charge >= 0.3 is 0 Å². The lowest BCUT2D eigenvalue weighted by molar-refractivity contribution is 0.269. The highest BCUT2D eigenvalue weighted by Gasteiger charge is 2.20. The summed E-state index contributed by atoms with van der Waals surface area (Å²) in [5, 5.41) is 3.09. The van der Waals surface area contributed by atoms with Crippen molar-refractivity contribution in [3.8, 4) is 17.2 Å². The number of methoxy groups -OCH3 is 2. The number of rotatable bonds is 5. The number of aliphatic imine (C=N–C) groups is 1. The molecule has 1 unspecified atom stereocenters. The summed E-state index contributed by atoms with van der Waals surface area (Å²) in [6.45, 7) is 1.31. The van der Waals surface area contributed by atoms with E-state index in [0.717, 1.165) is 23.6 Å². The van der Waals surface area contributed by atoms with Crippen molar-refractivity contribution >= 4 is 35.6 Å². The summed E-state index contributed by atoms with van der Waals surface area (Å²) >= 11 is 0. The minimum Gasteiger partial charge on any atom is -0.497 e. The molecule has 0 spiro atoms. The topological polar surface area (TPSA) is 78.1 Å². The average Bonchev–Trinajstić information content (AvgIpc) is 2.66. The first-order chi connectivity index (χ1) is 12.2. The lowest BCUT2D eigenvalue weighted by Gasteiger charge is -2.24. The second kappa shape index (κ2) is 9.51. The fourth-order valence-corrected chi connectivity index (χ4v) is 2.90. The predicted octanol–water partition coefficient (Wildman–Crippen LogP) is 3.61. The van der Waals surface area contributed by atoms with Gasteiger partial charge in [-0.05, 0) is 30.2 Å². The quantitative estimate of drug-likeness (QED) is 0.398. The van der Waals surface area contributed by atoms with Gasteiger partial charge in [-0.2, -0.15) is 0 Å². The van der Waals surface area contributed by atoms with Crippen LogP contribution in [0.2, 0.25) is 0 Å². The maximum Gasteiger partial charge on any atom is 0.193 e. The lowest BCUT2D eigenvalue weighted by Crippen LogP contribution is -2.25. The maximum atomic E-state index is 6.07. The van der Waals surface area contributed by atoms with E-state index in [1.807, 2.05) is 36.4 Å². The molecule has 2 aromatic rings. The molecule has 6 nitrogen and oxygen atoms in total. The number of anilines is 1. The zero-order valence-corrected chi connectivity index (χ0v) is 17.2. The van der Waals surface area contributed by atoms with Crippen molar-refractivity contribution in [2.75, 3.05) is 32.7 Å². The highest BCUT2D eigenvalue weighted by molar-refractivity contribution is 14.0. The molecule has 1 aliphatic rings. The van der Waals surface area contributed by atoms with Gasteiger partial charge in [0.05, 0.1) is 26.5 Å². The number of hydrogen-bond acceptors (Lipinski definition) is 4. The Hall–Kier alpha value is -2.16. The number of halogens is 1. The van der Waals surface area contributed by atoms with Gasteiger partial charge in [-0.15, -0.1) is 24.0 Å². The first-order valence-corrected chi connectivity index (χ1v) is 8.22. The van der Waals surface area contributed by atoms with Gasteiger partial charge in [0, 0.05) is 18.5 Å². The van der Waals surface area contributed by atoms with E-state index in [0.29, 0.717) is 30.8 Å². The van der Waals surface area contributed by atoms with Crippen molar-refractivity contribution < 1.29 is 14.2 Å². The fraction of sp³-hybridized carbons (Fsp3) is 0.316. The number of fused-ring (bicyclic) bond motifs is 1. The molecule has 0 saturated carbocycles. The SMILES string of the molecule is COc1ccc(OC)c(NC(N)=NCC2CCOc3ccccc32)c1.I. The van der Waals surface area contributed by atoms with Crippen LogP contribution in [0.15, 0.2) is 47.5 Å². The monoisotopic (exact) mass is 469 g/mol. The van der Waals surface area contributed by atoms with E-state index >= 15 is 0 Å². The largest absolute Gasteiger partial charge is 0.497 e. The van der Waals surface area contributed by atoms with Gasteiger partial charge < -0.3 is 25.3 Å². The van der Waals surface area contributed by atoms with Gasteiger partial charge in [-0.25, -0.2) is 0 Å². The van der Waals surface area contributed by atoms with Gasteiger partial charge in [0.2, 0.25) is 0 Å². The van der Waals surface area contributed by atoms with E-state index in [-0.39, 0.29) is 24.0 Å². The summed E-state index contributed by atoms with van der Waals surface area (Å²) in [5.41, 5.74) is 7.97. The highest BCUT2D eigenvalue weighted by atomic mass is 127. The third kappa shape index (κ3) is 4.72. The summed E-state index contributed by atoms with van der Waals surface area (Å²) in [6.07, 6.45) is 0.927. The second-order valence-electron chi connectivity index (χ2n) is 5.79. The molecule has 26 heavy (non-hydrogen) atoms. The lowest BCUT2D eigenvalue weighted by atomic mass is 9.93. The van der Waals surface area contributed by atoms with Crippen LogP contribution in [0.5, 0.6) is 17.2 Å². The van der Waals surface area contributed by atoms with Crippen LogP contribution < -0.4 is 25.3 Å². The van der Waals surface area contributed by atoms with E-state index in [2.05, 4.69) is 16.4 Å². The smallest absolute Gasteiger partial charge is 0.193 e. The molecule has 140 valence electrons. The molecule has 0 saturated heterocycles. The first kappa shape index (κ1) is 20.2. The van der Waals surface area contributed by atoms with E-state index < -0.39 is 0 Å². The van der Waals surface area contributed by atoms with E-state index in [1.54, 1.807) is 14.2 Å². The number of ether oxygens (including phenoxy) is 3. The number of nitrogens with two attached hydrogens (primary N) is 1. The molecule has 7 heteroatoms. The molecular weight excluding hydrogens is 445 g/mol. The van der Waals surface area contributed by atoms with Crippen molar-refractivity contribution in [1.82, 2.24) is 0 Å². The summed E-state index contributed by atoms with van der Waals surface area (Å²) < 4.78 is 16.3. The number of nitrogens with one attached hydrogen (secondary N) is 1. The van der Waals surface area contributed by atoms with Crippen molar-refractivity contribution in [1.29, 1.82) is 0 Å². The summed E-state index contributed by atoms with van der Waals surface area (Å²) in [6, 6.07) is 13.6. The highest BCUT2D eigenvalue weighted by Crippen LogP contribution is 2.33. The van der Waals surface area contributed by atoms with Crippen LogP contribution in [-0.4, -0.2) is 33.3 Å². The minimum absolute atomic E-state index is 0. The number of para-hydroxylation sites is 1. The first-order valence-electron chi connectivity index (χ1n) is 8.22. The molecule has 0 fully saturated rings. The van der Waals surface area contributed by atoms with E-state index in [4.69, 9.17) is 19.9 Å². The Labute approximate surface area is 170 Å². The molecule has 1 heterocycles. The molecule has 0 bridgehead atoms. The van der Waals surface area contributed by atoms with Crippen molar-refractivity contribution in [2.24, 2.45) is 10.7 Å². The Bertz CT molecular complexity index is 767. The third-order valence-corrected chi connectivity index (χ3v) is 4.23. The van der Waals surface area contributed by atoms with Gasteiger partial charge in [0.15, 0.2) is 5.96 Å². The van der Waals surface area contributed by atoms with Crippen LogP contribution in [0.3, 0.4) is 0 Å². The minimum atomic E-state index is 0. The average molecular weight is 469 g/mol. The maximum absolute atomic E-state index is 6.07. The normalized spacial score (nSPS) is 15.9. The summed E-state index contributed by atoms with van der Waals surface area (Å²) in [7, 11) is 3.23. The molecule has 0 amide bonds. The number of guanidine groups is 1. The van der Waals surface area contributed by atoms with Crippen LogP contribution in [0.4, 0.5) is 5.69 Å². The van der Waals surface area contributed by atoms with E-state index in [9.17, 15) is 0 Å². The standard InChI is InChI=1S/C19H23N3O3.HI/c1-23-14-7-8-18(24-2)16(11-14)22-19(20)21-12-13-9-10-25-17-6-4-3-5-15(13)17;/h3-8,11,13H,9-10,12H2,1-2H3,(H3,20,21,22);1H. The molecule has 1 aliphatic heterocycles. The Balaban J connectivity index is 0.00000243. The van der Waals surface area contributed by atoms with Gasteiger partial charge in [-0.1, -0.05) is 18.2 Å². The number of hydrogen-bond donors (Lipinski definition) is 2. The van der Waals surface area contributed by atoms with Crippen LogP contribution in [-0.2, 0) is 0 Å². The van der Waals surface area contributed by atoms with Crippen LogP contribution >= 0.6 is 24.0 Å². The van der Waals surface area contributed by atoms with Crippen molar-refractivity contribution in [3.63, 3.8) is 0 Å². The molecule has 0 radical (unpaired) electrons. The Morgan fingerprint density at radius 3 is 2.81 bits per heavy atom.